The monoisotopic (exact) mass is 828 g/mol. The lowest BCUT2D eigenvalue weighted by Crippen LogP contribution is -2.08. The summed E-state index contributed by atoms with van der Waals surface area (Å²) in [6.07, 6.45) is 17.3. The van der Waals surface area contributed by atoms with E-state index in [0.717, 1.165) is 46.3 Å². The highest BCUT2D eigenvalue weighted by atomic mass is 19.2. The second-order valence-electron chi connectivity index (χ2n) is 17.2. The number of hydrogen-bond donors (Lipinski definition) is 0. The van der Waals surface area contributed by atoms with Gasteiger partial charge in [-0.2, -0.15) is 0 Å². The Hall–Kier alpha value is -4.32. The molecule has 0 amide bonds. The first kappa shape index (κ1) is 55.7. The van der Waals surface area contributed by atoms with Crippen LogP contribution in [0.4, 0.5) is 13.2 Å². The summed E-state index contributed by atoms with van der Waals surface area (Å²) in [7, 11) is 0. The lowest BCUT2D eigenvalue weighted by Gasteiger charge is -2.22. The normalized spacial score (nSPS) is 17.4. The minimum Gasteiger partial charge on any atom is -0.261 e. The van der Waals surface area contributed by atoms with Gasteiger partial charge in [0.1, 0.15) is 11.6 Å². The van der Waals surface area contributed by atoms with Crippen LogP contribution in [0.5, 0.6) is 0 Å². The fraction of sp³-hybridized carbons (Fsp3) is 0.500. The van der Waals surface area contributed by atoms with E-state index >= 15 is 0 Å². The van der Waals surface area contributed by atoms with Crippen molar-refractivity contribution < 1.29 is 13.2 Å². The predicted molar refractivity (Wildman–Crippen MR) is 253 cm³/mol. The first-order chi connectivity index (χ1) is 27.8. The van der Waals surface area contributed by atoms with Gasteiger partial charge in [-0.15, -0.1) is 0 Å². The molecule has 3 aromatic carbocycles. The van der Waals surface area contributed by atoms with Crippen molar-refractivity contribution in [3.63, 3.8) is 0 Å². The standard InChI is InChI=1S/C8H8F2.C8H9F.2C8H16.C8H10.C7H9N.C6H8N2.CH4/c1-5-3-4-6(2)8(10)7(5)9;1-6-3-4-7(2)8(9)5-6;3*1-7-3-5-8(2)6-4-7;1-6-3-4-7(2)8-5-6;1-5-3-7-6(2)8-4-5;/h3-4H,1-2H3;3-5H,1-2H3;2*7-8H,3-6H2,1-2H3;3-6H,1-2H3;3-5H,1-2H3;3-4H,1-2H3;1H4. The van der Waals surface area contributed by atoms with E-state index in [4.69, 9.17) is 0 Å². The van der Waals surface area contributed by atoms with Gasteiger partial charge in [0, 0.05) is 24.3 Å². The zero-order valence-electron chi connectivity index (χ0n) is 39.0. The van der Waals surface area contributed by atoms with Crippen LogP contribution in [-0.4, -0.2) is 15.0 Å². The average Bonchev–Trinajstić information content (AvgIpc) is 3.21. The molecule has 2 heterocycles. The molecule has 2 fully saturated rings. The first-order valence-corrected chi connectivity index (χ1v) is 21.6. The van der Waals surface area contributed by atoms with Gasteiger partial charge in [0.05, 0.1) is 0 Å². The summed E-state index contributed by atoms with van der Waals surface area (Å²) in [5.74, 6) is 3.32. The van der Waals surface area contributed by atoms with Gasteiger partial charge in [-0.05, 0) is 138 Å². The Morgan fingerprint density at radius 2 is 0.700 bits per heavy atom. The molecule has 2 aliphatic rings. The number of aryl methyl sites for hydroxylation is 10. The molecule has 60 heavy (non-hydrogen) atoms. The fourth-order valence-corrected chi connectivity index (χ4v) is 5.93. The Bertz CT molecular complexity index is 1600. The van der Waals surface area contributed by atoms with Gasteiger partial charge < -0.3 is 0 Å². The van der Waals surface area contributed by atoms with Crippen LogP contribution in [0.3, 0.4) is 0 Å². The van der Waals surface area contributed by atoms with E-state index in [1.807, 2.05) is 65.3 Å². The molecule has 5 aromatic rings. The van der Waals surface area contributed by atoms with Crippen molar-refractivity contribution in [2.24, 2.45) is 23.7 Å². The molecular weight excluding hydrogens is 748 g/mol. The number of nitrogens with zero attached hydrogens (tertiary/aromatic N) is 3. The highest BCUT2D eigenvalue weighted by Crippen LogP contribution is 2.28. The third-order valence-corrected chi connectivity index (χ3v) is 10.6. The summed E-state index contributed by atoms with van der Waals surface area (Å²) >= 11 is 0. The SMILES string of the molecule is C.CC1CCC(C)CC1.CC1CCC(C)CC1.Cc1ccc(C)c(F)c1.Cc1ccc(C)c(F)c1F.Cc1ccc(C)cc1.Cc1ccc(C)nc1.Cc1cnc(C)nc1. The zero-order chi connectivity index (χ0) is 44.5. The molecule has 0 bridgehead atoms. The Kier molecular flexibility index (Phi) is 28.5. The molecule has 2 aliphatic carbocycles. The highest BCUT2D eigenvalue weighted by molar-refractivity contribution is 5.24. The maximum atomic E-state index is 12.6. The van der Waals surface area contributed by atoms with Gasteiger partial charge in [0.25, 0.3) is 0 Å². The van der Waals surface area contributed by atoms with Crippen molar-refractivity contribution in [2.75, 3.05) is 0 Å². The number of aromatic nitrogens is 3. The molecule has 0 radical (unpaired) electrons. The van der Waals surface area contributed by atoms with E-state index in [1.54, 1.807) is 25.1 Å². The van der Waals surface area contributed by atoms with Crippen LogP contribution < -0.4 is 0 Å². The van der Waals surface area contributed by atoms with Crippen molar-refractivity contribution in [2.45, 2.75) is 156 Å². The minimum absolute atomic E-state index is 0. The molecule has 2 saturated carbocycles. The Morgan fingerprint density at radius 3 is 0.983 bits per heavy atom. The van der Waals surface area contributed by atoms with E-state index < -0.39 is 11.6 Å². The van der Waals surface area contributed by atoms with Crippen molar-refractivity contribution in [3.05, 3.63) is 159 Å². The van der Waals surface area contributed by atoms with Crippen LogP contribution in [0.15, 0.2) is 85.3 Å². The second kappa shape index (κ2) is 30.7. The van der Waals surface area contributed by atoms with Gasteiger partial charge in [-0.1, -0.05) is 152 Å². The summed E-state index contributed by atoms with van der Waals surface area (Å²) in [6.45, 7) is 28.2. The molecule has 3 nitrogen and oxygen atoms in total. The largest absolute Gasteiger partial charge is 0.261 e. The number of rotatable bonds is 0. The molecule has 0 spiro atoms. The number of benzene rings is 3. The smallest absolute Gasteiger partial charge is 0.161 e. The van der Waals surface area contributed by atoms with Crippen molar-refractivity contribution in [3.8, 4) is 0 Å². The minimum atomic E-state index is -0.736. The zero-order valence-corrected chi connectivity index (χ0v) is 39.0. The van der Waals surface area contributed by atoms with E-state index in [9.17, 15) is 13.2 Å². The number of hydrogen-bond acceptors (Lipinski definition) is 3. The number of pyridine rings is 1. The van der Waals surface area contributed by atoms with Crippen LogP contribution in [0.2, 0.25) is 0 Å². The van der Waals surface area contributed by atoms with E-state index in [-0.39, 0.29) is 13.2 Å². The average molecular weight is 828 g/mol. The maximum Gasteiger partial charge on any atom is 0.161 e. The quantitative estimate of drug-likeness (QED) is 0.156. The van der Waals surface area contributed by atoms with Gasteiger partial charge in [0.2, 0.25) is 0 Å². The van der Waals surface area contributed by atoms with E-state index in [2.05, 4.69) is 86.8 Å². The fourth-order valence-electron chi connectivity index (χ4n) is 5.93. The molecule has 7 rings (SSSR count). The van der Waals surface area contributed by atoms with Crippen molar-refractivity contribution in [1.29, 1.82) is 0 Å². The molecule has 0 atom stereocenters. The van der Waals surface area contributed by atoms with Crippen LogP contribution >= 0.6 is 0 Å². The summed E-state index contributed by atoms with van der Waals surface area (Å²) < 4.78 is 37.8. The molecule has 0 aliphatic heterocycles. The van der Waals surface area contributed by atoms with Gasteiger partial charge >= 0.3 is 0 Å². The van der Waals surface area contributed by atoms with Crippen molar-refractivity contribution in [1.82, 2.24) is 15.0 Å². The third-order valence-electron chi connectivity index (χ3n) is 10.6. The molecule has 6 heteroatoms. The third kappa shape index (κ3) is 26.0. The second-order valence-corrected chi connectivity index (χ2v) is 17.2. The number of halogens is 3. The lowest BCUT2D eigenvalue weighted by molar-refractivity contribution is 0.308. The van der Waals surface area contributed by atoms with Crippen LogP contribution in [0.1, 0.15) is 143 Å². The van der Waals surface area contributed by atoms with Crippen LogP contribution in [0.25, 0.3) is 0 Å². The van der Waals surface area contributed by atoms with Crippen LogP contribution in [-0.2, 0) is 0 Å². The first-order valence-electron chi connectivity index (χ1n) is 21.6. The summed E-state index contributed by atoms with van der Waals surface area (Å²) in [5.41, 5.74) is 8.44. The Morgan fingerprint density at radius 1 is 0.383 bits per heavy atom. The summed E-state index contributed by atoms with van der Waals surface area (Å²) in [5, 5.41) is 0. The lowest BCUT2D eigenvalue weighted by atomic mass is 9.84. The molecule has 0 saturated heterocycles. The van der Waals surface area contributed by atoms with E-state index in [1.165, 1.54) is 88.0 Å². The van der Waals surface area contributed by atoms with Gasteiger partial charge in [-0.25, -0.2) is 23.1 Å². The van der Waals surface area contributed by atoms with Crippen LogP contribution in [0, 0.1) is 110 Å². The van der Waals surface area contributed by atoms with E-state index in [0.29, 0.717) is 16.7 Å². The maximum absolute atomic E-state index is 12.6. The molecule has 0 N–H and O–H groups in total. The van der Waals surface area contributed by atoms with Gasteiger partial charge in [-0.3, -0.25) is 4.98 Å². The molecule has 0 unspecified atom stereocenters. The predicted octanol–water partition coefficient (Wildman–Crippen LogP) is 16.4. The summed E-state index contributed by atoms with van der Waals surface area (Å²) in [4.78, 5) is 12.0. The molecule has 332 valence electrons. The van der Waals surface area contributed by atoms with Crippen molar-refractivity contribution >= 4 is 0 Å². The Balaban J connectivity index is 0.000000676. The Labute approximate surface area is 365 Å². The highest BCUT2D eigenvalue weighted by Gasteiger charge is 2.14. The molecular formula is C54H80F3N3. The molecule has 2 aromatic heterocycles. The van der Waals surface area contributed by atoms with Gasteiger partial charge in [0.15, 0.2) is 11.6 Å². The summed E-state index contributed by atoms with van der Waals surface area (Å²) in [6, 6.07) is 20.9. The topological polar surface area (TPSA) is 38.7 Å².